The fourth-order valence-corrected chi connectivity index (χ4v) is 2.31. The predicted octanol–water partition coefficient (Wildman–Crippen LogP) is 5.29. The average molecular weight is 288 g/mol. The van der Waals surface area contributed by atoms with Gasteiger partial charge in [0.1, 0.15) is 23.4 Å². The summed E-state index contributed by atoms with van der Waals surface area (Å²) in [5.74, 6) is 2.11. The SMILES string of the molecule is CCCCC(C)(C)C(O)c1ccc(C=Cc2ccco2)o1. The number of unbranched alkanes of at least 4 members (excludes halogenated alkanes) is 1. The van der Waals surface area contributed by atoms with E-state index in [1.165, 1.54) is 0 Å². The zero-order valence-corrected chi connectivity index (χ0v) is 13.0. The van der Waals surface area contributed by atoms with Gasteiger partial charge in [-0.05, 0) is 48.3 Å². The number of hydrogen-bond acceptors (Lipinski definition) is 3. The van der Waals surface area contributed by atoms with Crippen molar-refractivity contribution in [3.05, 3.63) is 47.8 Å². The van der Waals surface area contributed by atoms with Gasteiger partial charge in [0, 0.05) is 0 Å². The highest BCUT2D eigenvalue weighted by molar-refractivity contribution is 5.64. The molecule has 0 aromatic carbocycles. The maximum absolute atomic E-state index is 10.5. The van der Waals surface area contributed by atoms with Crippen molar-refractivity contribution in [3.63, 3.8) is 0 Å². The van der Waals surface area contributed by atoms with Crippen LogP contribution in [0.15, 0.2) is 39.4 Å². The molecule has 114 valence electrons. The Balaban J connectivity index is 2.05. The van der Waals surface area contributed by atoms with Gasteiger partial charge >= 0.3 is 0 Å². The fourth-order valence-electron chi connectivity index (χ4n) is 2.31. The second kappa shape index (κ2) is 6.81. The third-order valence-corrected chi connectivity index (χ3v) is 3.79. The Hall–Kier alpha value is -1.74. The average Bonchev–Trinajstić information content (AvgIpc) is 3.13. The number of aliphatic hydroxyl groups excluding tert-OH is 1. The van der Waals surface area contributed by atoms with Gasteiger partial charge in [0.2, 0.25) is 0 Å². The number of hydrogen-bond donors (Lipinski definition) is 1. The molecule has 3 heteroatoms. The van der Waals surface area contributed by atoms with Crippen LogP contribution in [0.5, 0.6) is 0 Å². The molecule has 0 saturated heterocycles. The van der Waals surface area contributed by atoms with Crippen LogP contribution >= 0.6 is 0 Å². The summed E-state index contributed by atoms with van der Waals surface area (Å²) in [5.41, 5.74) is -0.185. The van der Waals surface area contributed by atoms with Gasteiger partial charge in [-0.3, -0.25) is 0 Å². The van der Waals surface area contributed by atoms with Crippen LogP contribution in [0.3, 0.4) is 0 Å². The molecule has 1 N–H and O–H groups in total. The fraction of sp³-hybridized carbons (Fsp3) is 0.444. The minimum absolute atomic E-state index is 0.185. The summed E-state index contributed by atoms with van der Waals surface area (Å²) in [7, 11) is 0. The van der Waals surface area contributed by atoms with Crippen LogP contribution in [-0.2, 0) is 0 Å². The maximum Gasteiger partial charge on any atom is 0.133 e. The monoisotopic (exact) mass is 288 g/mol. The first kappa shape index (κ1) is 15.6. The van der Waals surface area contributed by atoms with Crippen LogP contribution in [0.25, 0.3) is 12.2 Å². The van der Waals surface area contributed by atoms with Crippen molar-refractivity contribution in [2.75, 3.05) is 0 Å². The van der Waals surface area contributed by atoms with Gasteiger partial charge in [-0.1, -0.05) is 33.6 Å². The minimum atomic E-state index is -0.588. The van der Waals surface area contributed by atoms with Crippen molar-refractivity contribution >= 4 is 12.2 Å². The Kier molecular flexibility index (Phi) is 5.07. The first-order chi connectivity index (χ1) is 10.0. The zero-order valence-electron chi connectivity index (χ0n) is 13.0. The highest BCUT2D eigenvalue weighted by atomic mass is 16.4. The third kappa shape index (κ3) is 4.11. The molecule has 0 aliphatic heterocycles. The summed E-state index contributed by atoms with van der Waals surface area (Å²) in [6.07, 6.45) is 7.94. The van der Waals surface area contributed by atoms with E-state index in [9.17, 15) is 5.11 Å². The molecular weight excluding hydrogens is 264 g/mol. The van der Waals surface area contributed by atoms with Gasteiger partial charge in [0.05, 0.1) is 6.26 Å². The van der Waals surface area contributed by atoms with Crippen LogP contribution in [0, 0.1) is 5.41 Å². The van der Waals surface area contributed by atoms with E-state index >= 15 is 0 Å². The lowest BCUT2D eigenvalue weighted by Gasteiger charge is -2.29. The van der Waals surface area contributed by atoms with E-state index in [-0.39, 0.29) is 5.41 Å². The minimum Gasteiger partial charge on any atom is -0.465 e. The van der Waals surface area contributed by atoms with Crippen LogP contribution in [-0.4, -0.2) is 5.11 Å². The zero-order chi connectivity index (χ0) is 15.3. The van der Waals surface area contributed by atoms with Crippen molar-refractivity contribution < 1.29 is 13.9 Å². The lowest BCUT2D eigenvalue weighted by atomic mass is 9.80. The van der Waals surface area contributed by atoms with Crippen molar-refractivity contribution in [1.29, 1.82) is 0 Å². The highest BCUT2D eigenvalue weighted by Crippen LogP contribution is 2.38. The van der Waals surface area contributed by atoms with Crippen molar-refractivity contribution in [1.82, 2.24) is 0 Å². The summed E-state index contributed by atoms with van der Waals surface area (Å²) in [6, 6.07) is 7.43. The standard InChI is InChI=1S/C18H24O3/c1-4-5-12-18(2,3)17(19)16-11-10-15(21-16)9-8-14-7-6-13-20-14/h6-11,13,17,19H,4-5,12H2,1-3H3. The van der Waals surface area contributed by atoms with Gasteiger partial charge in [-0.15, -0.1) is 0 Å². The molecule has 0 amide bonds. The molecule has 2 aromatic rings. The van der Waals surface area contributed by atoms with E-state index in [4.69, 9.17) is 8.83 Å². The Morgan fingerprint density at radius 3 is 2.62 bits per heavy atom. The van der Waals surface area contributed by atoms with E-state index in [0.29, 0.717) is 11.5 Å². The normalized spacial score (nSPS) is 13.9. The summed E-state index contributed by atoms with van der Waals surface area (Å²) in [6.45, 7) is 6.31. The Morgan fingerprint density at radius 1 is 1.19 bits per heavy atom. The van der Waals surface area contributed by atoms with E-state index in [1.807, 2.05) is 36.4 Å². The number of furan rings is 2. The molecular formula is C18H24O3. The summed E-state index contributed by atoms with van der Waals surface area (Å²) in [5, 5.41) is 10.5. The maximum atomic E-state index is 10.5. The largest absolute Gasteiger partial charge is 0.465 e. The Bertz CT molecular complexity index is 561. The van der Waals surface area contributed by atoms with Crippen LogP contribution in [0.2, 0.25) is 0 Å². The number of aliphatic hydroxyl groups is 1. The molecule has 0 saturated carbocycles. The van der Waals surface area contributed by atoms with Gasteiger partial charge in [0.25, 0.3) is 0 Å². The quantitative estimate of drug-likeness (QED) is 0.752. The molecule has 2 rings (SSSR count). The Labute approximate surface area is 126 Å². The second-order valence-electron chi connectivity index (χ2n) is 6.08. The van der Waals surface area contributed by atoms with Gasteiger partial charge in [-0.2, -0.15) is 0 Å². The lowest BCUT2D eigenvalue weighted by molar-refractivity contribution is 0.0240. The summed E-state index contributed by atoms with van der Waals surface area (Å²) < 4.78 is 11.0. The second-order valence-corrected chi connectivity index (χ2v) is 6.08. The molecule has 3 nitrogen and oxygen atoms in total. The molecule has 0 aliphatic rings. The van der Waals surface area contributed by atoms with Crippen LogP contribution < -0.4 is 0 Å². The molecule has 0 fully saturated rings. The van der Waals surface area contributed by atoms with E-state index < -0.39 is 6.10 Å². The van der Waals surface area contributed by atoms with E-state index in [0.717, 1.165) is 25.0 Å². The molecule has 0 spiro atoms. The highest BCUT2D eigenvalue weighted by Gasteiger charge is 2.30. The van der Waals surface area contributed by atoms with E-state index in [2.05, 4.69) is 20.8 Å². The van der Waals surface area contributed by atoms with Crippen molar-refractivity contribution in [2.24, 2.45) is 5.41 Å². The third-order valence-electron chi connectivity index (χ3n) is 3.79. The van der Waals surface area contributed by atoms with Gasteiger partial charge in [0.15, 0.2) is 0 Å². The number of rotatable bonds is 7. The Morgan fingerprint density at radius 2 is 1.95 bits per heavy atom. The summed E-state index contributed by atoms with van der Waals surface area (Å²) >= 11 is 0. The molecule has 2 heterocycles. The molecule has 1 atom stereocenters. The van der Waals surface area contributed by atoms with Crippen LogP contribution in [0.4, 0.5) is 0 Å². The topological polar surface area (TPSA) is 46.5 Å². The molecule has 2 aromatic heterocycles. The van der Waals surface area contributed by atoms with Gasteiger partial charge < -0.3 is 13.9 Å². The smallest absolute Gasteiger partial charge is 0.133 e. The summed E-state index contributed by atoms with van der Waals surface area (Å²) in [4.78, 5) is 0. The first-order valence-corrected chi connectivity index (χ1v) is 7.52. The molecule has 0 bridgehead atoms. The molecule has 1 unspecified atom stereocenters. The molecule has 21 heavy (non-hydrogen) atoms. The van der Waals surface area contributed by atoms with Gasteiger partial charge in [-0.25, -0.2) is 0 Å². The van der Waals surface area contributed by atoms with Crippen molar-refractivity contribution in [2.45, 2.75) is 46.1 Å². The molecule has 0 aliphatic carbocycles. The molecule has 0 radical (unpaired) electrons. The van der Waals surface area contributed by atoms with Crippen molar-refractivity contribution in [3.8, 4) is 0 Å². The predicted molar refractivity (Wildman–Crippen MR) is 84.6 cm³/mol. The first-order valence-electron chi connectivity index (χ1n) is 7.52. The van der Waals surface area contributed by atoms with Crippen LogP contribution in [0.1, 0.15) is 63.4 Å². The lowest BCUT2D eigenvalue weighted by Crippen LogP contribution is -2.21. The van der Waals surface area contributed by atoms with E-state index in [1.54, 1.807) is 6.26 Å².